The van der Waals surface area contributed by atoms with E-state index in [2.05, 4.69) is 19.9 Å². The minimum atomic E-state index is -1.44. The highest BCUT2D eigenvalue weighted by Crippen LogP contribution is 2.52. The van der Waals surface area contributed by atoms with E-state index in [0.717, 1.165) is 18.5 Å². The molecule has 2 aromatic heterocycles. The van der Waals surface area contributed by atoms with E-state index in [1.807, 2.05) is 6.07 Å². The number of rotatable bonds is 7. The third-order valence-corrected chi connectivity index (χ3v) is 6.74. The summed E-state index contributed by atoms with van der Waals surface area (Å²) < 4.78 is 0. The summed E-state index contributed by atoms with van der Waals surface area (Å²) in [6, 6.07) is 3.32. The Hall–Kier alpha value is -1.72. The van der Waals surface area contributed by atoms with Crippen LogP contribution in [0, 0.1) is 0 Å². The highest BCUT2D eigenvalue weighted by atomic mass is 15.2. The second-order valence-electron chi connectivity index (χ2n) is 9.09. The Balaban J connectivity index is 1.76. The minimum Gasteiger partial charge on any atom is -0.341 e. The van der Waals surface area contributed by atoms with Crippen LogP contribution in [-0.2, 0) is 11.8 Å². The van der Waals surface area contributed by atoms with Crippen LogP contribution < -0.4 is 27.6 Å². The summed E-state index contributed by atoms with van der Waals surface area (Å²) >= 11 is 0. The van der Waals surface area contributed by atoms with Gasteiger partial charge in [-0.1, -0.05) is 22.2 Å². The van der Waals surface area contributed by atoms with E-state index >= 15 is 0 Å². The van der Waals surface area contributed by atoms with Crippen molar-refractivity contribution in [2.24, 2.45) is 5.73 Å². The lowest BCUT2D eigenvalue weighted by atomic mass is 9.25. The predicted molar refractivity (Wildman–Crippen MR) is 145 cm³/mol. The highest BCUT2D eigenvalue weighted by Gasteiger charge is 2.46. The van der Waals surface area contributed by atoms with Crippen molar-refractivity contribution in [3.8, 4) is 0 Å². The number of nitrogens with zero attached hydrogens (tertiary/aromatic N) is 3. The molecular weight excluding hydrogens is 409 g/mol. The normalized spacial score (nSPS) is 18.8. The minimum absolute atomic E-state index is 0.214. The van der Waals surface area contributed by atoms with Gasteiger partial charge in [0.2, 0.25) is 0 Å². The van der Waals surface area contributed by atoms with Crippen LogP contribution >= 0.6 is 0 Å². The van der Waals surface area contributed by atoms with Gasteiger partial charge in [0.1, 0.15) is 37.2 Å². The van der Waals surface area contributed by atoms with Gasteiger partial charge in [0, 0.05) is 6.20 Å². The number of pyridine rings is 1. The van der Waals surface area contributed by atoms with Crippen LogP contribution in [0.15, 0.2) is 18.3 Å². The van der Waals surface area contributed by atoms with E-state index in [9.17, 15) is 0 Å². The molecule has 0 bridgehead atoms. The fraction of sp³-hybridized carbons (Fsp3) is 0.429. The summed E-state index contributed by atoms with van der Waals surface area (Å²) in [6.07, 6.45) is 3.68. The van der Waals surface area contributed by atoms with E-state index in [1.54, 1.807) is 12.3 Å². The van der Waals surface area contributed by atoms with Gasteiger partial charge in [-0.3, -0.25) is 9.88 Å². The van der Waals surface area contributed by atoms with Crippen LogP contribution in [0.1, 0.15) is 42.4 Å². The van der Waals surface area contributed by atoms with Crippen LogP contribution in [0.5, 0.6) is 0 Å². The van der Waals surface area contributed by atoms with Gasteiger partial charge in [-0.2, -0.15) is 0 Å². The summed E-state index contributed by atoms with van der Waals surface area (Å²) in [7, 11) is 50.0. The highest BCUT2D eigenvalue weighted by molar-refractivity contribution is 6.66. The SMILES string of the molecule is [B]c1c([B])c([B])c2[nH]c(CN(CCCCN)[C@H]3CC([B])([B])C([B])([B])c4cccnc43)nc2c1[B]. The maximum atomic E-state index is 6.45. The number of unbranched alkanes of at least 4 members (excludes halogenated alkanes) is 1. The Morgan fingerprint density at radius 3 is 2.44 bits per heavy atom. The van der Waals surface area contributed by atoms with Crippen LogP contribution in [0.2, 0.25) is 5.21 Å². The molecule has 16 radical (unpaired) electrons. The van der Waals surface area contributed by atoms with Crippen LogP contribution in [0.4, 0.5) is 0 Å². The first kappa shape index (κ1) is 25.4. The monoisotopic (exact) mass is 429 g/mol. The maximum Gasteiger partial charge on any atom is 0.121 e. The fourth-order valence-corrected chi connectivity index (χ4v) is 4.61. The largest absolute Gasteiger partial charge is 0.341 e. The van der Waals surface area contributed by atoms with E-state index in [0.29, 0.717) is 47.5 Å². The van der Waals surface area contributed by atoms with Crippen LogP contribution in [0.3, 0.4) is 0 Å². The zero-order chi connectivity index (χ0) is 24.8. The number of nitrogens with one attached hydrogen (secondary N) is 1. The van der Waals surface area contributed by atoms with E-state index in [-0.39, 0.29) is 28.9 Å². The molecular formula is C21H19B8N5. The maximum absolute atomic E-state index is 6.45. The molecule has 152 valence electrons. The molecule has 0 unspecified atom stereocenters. The lowest BCUT2D eigenvalue weighted by Gasteiger charge is -2.53. The van der Waals surface area contributed by atoms with Crippen molar-refractivity contribution >= 4 is 95.7 Å². The van der Waals surface area contributed by atoms with Crippen molar-refractivity contribution in [2.45, 2.75) is 42.3 Å². The Bertz CT molecular complexity index is 1170. The Morgan fingerprint density at radius 1 is 1.03 bits per heavy atom. The number of aromatic amines is 1. The Kier molecular flexibility index (Phi) is 7.00. The molecule has 2 heterocycles. The molecule has 0 aliphatic heterocycles. The third-order valence-electron chi connectivity index (χ3n) is 6.74. The number of H-pyrrole nitrogens is 1. The van der Waals surface area contributed by atoms with Gasteiger partial charge in [0.05, 0.1) is 60.7 Å². The molecule has 0 saturated heterocycles. The van der Waals surface area contributed by atoms with Crippen molar-refractivity contribution in [3.63, 3.8) is 0 Å². The number of fused-ring (bicyclic) bond motifs is 2. The molecule has 3 N–H and O–H groups in total. The van der Waals surface area contributed by atoms with Crippen LogP contribution in [0.25, 0.3) is 11.0 Å². The number of nitrogens with two attached hydrogens (primary N) is 1. The average Bonchev–Trinajstić information content (AvgIpc) is 3.23. The molecule has 1 aliphatic rings. The zero-order valence-corrected chi connectivity index (χ0v) is 19.1. The standard InChI is InChI=1S/C21H19B8N5/c22-13-14(23)16(25)19-18(15(13)24)32-12(33-19)9-34(7-2-1-5-30)11-8-20(26,27)21(28,29)10-4-3-6-31-17(10)11/h3-4,6,11H,1-2,5,7-9,30H2,(H,32,33)/t11-/m0/s1. The number of aromatic nitrogens is 3. The van der Waals surface area contributed by atoms with Gasteiger partial charge in [0.15, 0.2) is 0 Å². The zero-order valence-electron chi connectivity index (χ0n) is 19.1. The molecule has 3 aromatic rings. The molecule has 0 saturated carbocycles. The van der Waals surface area contributed by atoms with Crippen molar-refractivity contribution in [2.75, 3.05) is 13.1 Å². The molecule has 0 spiro atoms. The fourth-order valence-electron chi connectivity index (χ4n) is 4.61. The average molecular weight is 428 g/mol. The lowest BCUT2D eigenvalue weighted by Crippen LogP contribution is -2.50. The van der Waals surface area contributed by atoms with Gasteiger partial charge in [-0.05, 0) is 44.0 Å². The summed E-state index contributed by atoms with van der Waals surface area (Å²) in [5, 5.41) is -2.81. The van der Waals surface area contributed by atoms with Gasteiger partial charge in [0.25, 0.3) is 0 Å². The molecule has 1 atom stereocenters. The van der Waals surface area contributed by atoms with Crippen molar-refractivity contribution in [3.05, 3.63) is 35.4 Å². The molecule has 0 amide bonds. The van der Waals surface area contributed by atoms with Gasteiger partial charge in [-0.25, -0.2) is 4.98 Å². The number of hydrogen-bond acceptors (Lipinski definition) is 4. The first-order valence-electron chi connectivity index (χ1n) is 11.1. The molecule has 0 fully saturated rings. The molecule has 5 nitrogen and oxygen atoms in total. The topological polar surface area (TPSA) is 70.8 Å². The summed E-state index contributed by atoms with van der Waals surface area (Å²) in [5.74, 6) is 0.626. The van der Waals surface area contributed by atoms with Crippen molar-refractivity contribution in [1.82, 2.24) is 19.9 Å². The van der Waals surface area contributed by atoms with Crippen molar-refractivity contribution in [1.29, 1.82) is 0 Å². The summed E-state index contributed by atoms with van der Waals surface area (Å²) in [4.78, 5) is 14.7. The predicted octanol–water partition coefficient (Wildman–Crippen LogP) is -3.24. The molecule has 13 heteroatoms. The van der Waals surface area contributed by atoms with Crippen molar-refractivity contribution < 1.29 is 0 Å². The first-order valence-corrected chi connectivity index (χ1v) is 11.1. The van der Waals surface area contributed by atoms with Crippen LogP contribution in [-0.4, -0.2) is 95.7 Å². The molecule has 1 aliphatic carbocycles. The van der Waals surface area contributed by atoms with Gasteiger partial charge < -0.3 is 10.7 Å². The summed E-state index contributed by atoms with van der Waals surface area (Å²) in [6.45, 7) is 1.66. The van der Waals surface area contributed by atoms with E-state index in [1.165, 1.54) is 0 Å². The second-order valence-corrected chi connectivity index (χ2v) is 9.09. The lowest BCUT2D eigenvalue weighted by molar-refractivity contribution is 0.152. The number of benzene rings is 1. The second kappa shape index (κ2) is 9.38. The molecule has 34 heavy (non-hydrogen) atoms. The molecule has 1 aromatic carbocycles. The third kappa shape index (κ3) is 4.24. The number of imidazole rings is 1. The first-order chi connectivity index (χ1) is 16.0. The van der Waals surface area contributed by atoms with E-state index < -0.39 is 10.4 Å². The number of hydrogen-bond donors (Lipinski definition) is 2. The Morgan fingerprint density at radius 2 is 1.74 bits per heavy atom. The van der Waals surface area contributed by atoms with Gasteiger partial charge in [-0.15, -0.1) is 16.1 Å². The summed E-state index contributed by atoms with van der Waals surface area (Å²) in [5.41, 5.74) is 9.12. The molecule has 4 rings (SSSR count). The van der Waals surface area contributed by atoms with Gasteiger partial charge >= 0.3 is 0 Å². The Labute approximate surface area is 211 Å². The van der Waals surface area contributed by atoms with E-state index in [4.69, 9.17) is 68.5 Å². The smallest absolute Gasteiger partial charge is 0.121 e. The quantitative estimate of drug-likeness (QED) is 0.307.